The van der Waals surface area contributed by atoms with Gasteiger partial charge in [-0.05, 0) is 17.2 Å². The Kier molecular flexibility index (Phi) is 5.36. The van der Waals surface area contributed by atoms with E-state index in [0.29, 0.717) is 12.2 Å². The van der Waals surface area contributed by atoms with Crippen molar-refractivity contribution in [3.05, 3.63) is 111 Å². The van der Waals surface area contributed by atoms with Crippen LogP contribution in [0.25, 0.3) is 0 Å². The molecule has 4 rings (SSSR count). The summed E-state index contributed by atoms with van der Waals surface area (Å²) < 4.78 is 5.84. The zero-order valence-electron chi connectivity index (χ0n) is 15.9. The molecule has 0 aliphatic carbocycles. The quantitative estimate of drug-likeness (QED) is 0.336. The Morgan fingerprint density at radius 1 is 0.867 bits per heavy atom. The fourth-order valence-corrected chi connectivity index (χ4v) is 3.58. The van der Waals surface area contributed by atoms with Crippen LogP contribution in [0.1, 0.15) is 37.9 Å². The van der Waals surface area contributed by atoms with Gasteiger partial charge in [0.1, 0.15) is 5.56 Å². The molecule has 2 amide bonds. The van der Waals surface area contributed by atoms with E-state index < -0.39 is 22.8 Å². The zero-order chi connectivity index (χ0) is 21.1. The summed E-state index contributed by atoms with van der Waals surface area (Å²) in [6.07, 6.45) is 0. The third kappa shape index (κ3) is 3.58. The Labute approximate surface area is 172 Å². The molecule has 3 aromatic rings. The highest BCUT2D eigenvalue weighted by molar-refractivity contribution is 6.23. The van der Waals surface area contributed by atoms with E-state index >= 15 is 0 Å². The molecular weight excluding hydrogens is 384 g/mol. The molecule has 0 fully saturated rings. The number of benzene rings is 3. The summed E-state index contributed by atoms with van der Waals surface area (Å²) in [6, 6.07) is 22.0. The summed E-state index contributed by atoms with van der Waals surface area (Å²) >= 11 is 0. The fraction of sp³-hybridized carbons (Fsp3) is 0.130. The van der Waals surface area contributed by atoms with Crippen LogP contribution >= 0.6 is 0 Å². The van der Waals surface area contributed by atoms with E-state index in [0.717, 1.165) is 10.5 Å². The highest BCUT2D eigenvalue weighted by Gasteiger charge is 2.44. The Morgan fingerprint density at radius 3 is 2.20 bits per heavy atom. The Morgan fingerprint density at radius 2 is 1.53 bits per heavy atom. The van der Waals surface area contributed by atoms with E-state index in [1.54, 1.807) is 24.3 Å². The van der Waals surface area contributed by atoms with Gasteiger partial charge in [0, 0.05) is 6.07 Å². The van der Waals surface area contributed by atoms with Crippen molar-refractivity contribution in [3.8, 4) is 0 Å². The van der Waals surface area contributed by atoms with Gasteiger partial charge in [0.25, 0.3) is 17.5 Å². The molecular formula is C23H18N2O5. The van der Waals surface area contributed by atoms with Gasteiger partial charge in [-0.25, -0.2) is 0 Å². The van der Waals surface area contributed by atoms with Crippen molar-refractivity contribution in [2.24, 2.45) is 0 Å². The molecule has 0 unspecified atom stereocenters. The van der Waals surface area contributed by atoms with Crippen LogP contribution < -0.4 is 0 Å². The summed E-state index contributed by atoms with van der Waals surface area (Å²) in [4.78, 5) is 38.0. The molecule has 0 N–H and O–H groups in total. The molecule has 3 aromatic carbocycles. The van der Waals surface area contributed by atoms with Gasteiger partial charge in [-0.2, -0.15) is 0 Å². The standard InChI is InChI=1S/C23H18N2O5/c26-22-18-12-7-13-19(25(28)29)21(18)23(27)24(22)20(17-10-5-2-6-11-17)15-30-14-16-8-3-1-4-9-16/h1-13,20H,14-15H2/t20-/m1/s1. The molecule has 1 aliphatic heterocycles. The lowest BCUT2D eigenvalue weighted by atomic mass is 10.1. The van der Waals surface area contributed by atoms with E-state index in [4.69, 9.17) is 4.74 Å². The number of hydrogen-bond donors (Lipinski definition) is 0. The minimum atomic E-state index is -0.707. The van der Waals surface area contributed by atoms with Gasteiger partial charge in [0.15, 0.2) is 0 Å². The van der Waals surface area contributed by atoms with E-state index in [-0.39, 0.29) is 23.4 Å². The summed E-state index contributed by atoms with van der Waals surface area (Å²) in [6.45, 7) is 0.381. The molecule has 0 saturated carbocycles. The number of imide groups is 1. The summed E-state index contributed by atoms with van der Waals surface area (Å²) in [5, 5.41) is 11.4. The molecule has 1 aliphatic rings. The number of ether oxygens (including phenoxy) is 1. The van der Waals surface area contributed by atoms with Gasteiger partial charge < -0.3 is 4.74 Å². The topological polar surface area (TPSA) is 89.8 Å². The van der Waals surface area contributed by atoms with Gasteiger partial charge >= 0.3 is 0 Å². The number of hydrogen-bond acceptors (Lipinski definition) is 5. The lowest BCUT2D eigenvalue weighted by Gasteiger charge is -2.26. The average Bonchev–Trinajstić information content (AvgIpc) is 3.03. The predicted octanol–water partition coefficient (Wildman–Crippen LogP) is 4.15. The van der Waals surface area contributed by atoms with Crippen LogP contribution in [-0.4, -0.2) is 28.2 Å². The molecule has 0 spiro atoms. The predicted molar refractivity (Wildman–Crippen MR) is 109 cm³/mol. The van der Waals surface area contributed by atoms with E-state index in [2.05, 4.69) is 0 Å². The maximum Gasteiger partial charge on any atom is 0.282 e. The van der Waals surface area contributed by atoms with E-state index in [1.165, 1.54) is 18.2 Å². The number of nitro benzene ring substituents is 1. The number of carbonyl (C=O) groups excluding carboxylic acids is 2. The molecule has 1 heterocycles. The number of amides is 2. The molecule has 1 atom stereocenters. The average molecular weight is 402 g/mol. The van der Waals surface area contributed by atoms with Gasteiger partial charge in [0.05, 0.1) is 29.7 Å². The van der Waals surface area contributed by atoms with Crippen molar-refractivity contribution >= 4 is 17.5 Å². The van der Waals surface area contributed by atoms with Crippen molar-refractivity contribution in [2.45, 2.75) is 12.6 Å². The normalized spacial score (nSPS) is 13.9. The zero-order valence-corrected chi connectivity index (χ0v) is 15.9. The minimum absolute atomic E-state index is 0.0400. The second kappa shape index (κ2) is 8.26. The minimum Gasteiger partial charge on any atom is -0.374 e. The smallest absolute Gasteiger partial charge is 0.282 e. The maximum atomic E-state index is 13.1. The number of rotatable bonds is 7. The molecule has 0 aromatic heterocycles. The molecule has 0 saturated heterocycles. The first-order chi connectivity index (χ1) is 14.6. The first-order valence-corrected chi connectivity index (χ1v) is 9.40. The fourth-order valence-electron chi connectivity index (χ4n) is 3.58. The third-order valence-corrected chi connectivity index (χ3v) is 5.00. The second-order valence-electron chi connectivity index (χ2n) is 6.86. The van der Waals surface area contributed by atoms with Crippen LogP contribution in [0, 0.1) is 10.1 Å². The number of nitro groups is 1. The van der Waals surface area contributed by atoms with Crippen LogP contribution in [0.5, 0.6) is 0 Å². The Bertz CT molecular complexity index is 1100. The van der Waals surface area contributed by atoms with Crippen molar-refractivity contribution in [2.75, 3.05) is 6.61 Å². The summed E-state index contributed by atoms with van der Waals surface area (Å²) in [5.74, 6) is -1.24. The largest absolute Gasteiger partial charge is 0.374 e. The number of fused-ring (bicyclic) bond motifs is 1. The Balaban J connectivity index is 1.65. The first kappa shape index (κ1) is 19.5. The van der Waals surface area contributed by atoms with Gasteiger partial charge in [-0.3, -0.25) is 24.6 Å². The third-order valence-electron chi connectivity index (χ3n) is 5.00. The maximum absolute atomic E-state index is 13.1. The lowest BCUT2D eigenvalue weighted by Crippen LogP contribution is -2.36. The highest BCUT2D eigenvalue weighted by atomic mass is 16.6. The van der Waals surface area contributed by atoms with E-state index in [1.807, 2.05) is 36.4 Å². The van der Waals surface area contributed by atoms with Crippen LogP contribution in [0.2, 0.25) is 0 Å². The Hall–Kier alpha value is -3.84. The van der Waals surface area contributed by atoms with Crippen molar-refractivity contribution < 1.29 is 19.2 Å². The van der Waals surface area contributed by atoms with Crippen molar-refractivity contribution in [1.29, 1.82) is 0 Å². The SMILES string of the molecule is O=C1c2cccc([N+](=O)[O-])c2C(=O)N1[C@H](COCc1ccccc1)c1ccccc1. The molecule has 0 bridgehead atoms. The van der Waals surface area contributed by atoms with Crippen LogP contribution in [0.15, 0.2) is 78.9 Å². The van der Waals surface area contributed by atoms with E-state index in [9.17, 15) is 19.7 Å². The van der Waals surface area contributed by atoms with Crippen molar-refractivity contribution in [1.82, 2.24) is 4.90 Å². The number of nitrogens with zero attached hydrogens (tertiary/aromatic N) is 2. The molecule has 7 heteroatoms. The van der Waals surface area contributed by atoms with Gasteiger partial charge in [-0.15, -0.1) is 0 Å². The number of carbonyl (C=O) groups is 2. The molecule has 30 heavy (non-hydrogen) atoms. The molecule has 0 radical (unpaired) electrons. The second-order valence-corrected chi connectivity index (χ2v) is 6.86. The van der Waals surface area contributed by atoms with Gasteiger partial charge in [-0.1, -0.05) is 66.7 Å². The first-order valence-electron chi connectivity index (χ1n) is 9.40. The monoisotopic (exact) mass is 402 g/mol. The molecule has 150 valence electrons. The molecule has 7 nitrogen and oxygen atoms in total. The van der Waals surface area contributed by atoms with Crippen LogP contribution in [0.3, 0.4) is 0 Å². The lowest BCUT2D eigenvalue weighted by molar-refractivity contribution is -0.385. The summed E-state index contributed by atoms with van der Waals surface area (Å²) in [5.41, 5.74) is 1.17. The van der Waals surface area contributed by atoms with Crippen molar-refractivity contribution in [3.63, 3.8) is 0 Å². The van der Waals surface area contributed by atoms with Crippen LogP contribution in [-0.2, 0) is 11.3 Å². The highest BCUT2D eigenvalue weighted by Crippen LogP contribution is 2.36. The van der Waals surface area contributed by atoms with Gasteiger partial charge in [0.2, 0.25) is 0 Å². The summed E-state index contributed by atoms with van der Waals surface area (Å²) in [7, 11) is 0. The van der Waals surface area contributed by atoms with Crippen LogP contribution in [0.4, 0.5) is 5.69 Å².